The third kappa shape index (κ3) is 4.18. The summed E-state index contributed by atoms with van der Waals surface area (Å²) in [6, 6.07) is 0. The summed E-state index contributed by atoms with van der Waals surface area (Å²) in [7, 11) is 0. The van der Waals surface area contributed by atoms with Gasteiger partial charge in [-0.2, -0.15) is 4.98 Å². The van der Waals surface area contributed by atoms with E-state index < -0.39 is 5.97 Å². The highest BCUT2D eigenvalue weighted by Crippen LogP contribution is 2.11. The van der Waals surface area contributed by atoms with Crippen LogP contribution in [0.2, 0.25) is 0 Å². The van der Waals surface area contributed by atoms with Crippen molar-refractivity contribution in [3.8, 4) is 0 Å². The summed E-state index contributed by atoms with van der Waals surface area (Å²) < 4.78 is 1.46. The quantitative estimate of drug-likeness (QED) is 0.765. The maximum atomic E-state index is 11.8. The highest BCUT2D eigenvalue weighted by atomic mass is 16.4. The first-order chi connectivity index (χ1) is 9.32. The SMILES string of the molecule is CC(=O)NCCn1c(C)c(CCC(=O)O)c(C)nc1=O. The topological polar surface area (TPSA) is 101 Å². The lowest BCUT2D eigenvalue weighted by atomic mass is 10.1. The lowest BCUT2D eigenvalue weighted by Crippen LogP contribution is -2.33. The number of nitrogens with zero attached hydrogens (tertiary/aromatic N) is 2. The summed E-state index contributed by atoms with van der Waals surface area (Å²) in [5, 5.41) is 11.4. The van der Waals surface area contributed by atoms with Gasteiger partial charge >= 0.3 is 11.7 Å². The number of rotatable bonds is 6. The number of carbonyl (C=O) groups excluding carboxylic acids is 1. The molecule has 110 valence electrons. The van der Waals surface area contributed by atoms with Crippen LogP contribution in [-0.2, 0) is 22.6 Å². The van der Waals surface area contributed by atoms with Crippen molar-refractivity contribution >= 4 is 11.9 Å². The van der Waals surface area contributed by atoms with Gasteiger partial charge in [-0.15, -0.1) is 0 Å². The molecule has 1 heterocycles. The van der Waals surface area contributed by atoms with E-state index >= 15 is 0 Å². The van der Waals surface area contributed by atoms with Crippen LogP contribution in [-0.4, -0.2) is 33.1 Å². The number of aryl methyl sites for hydroxylation is 1. The molecule has 0 fully saturated rings. The van der Waals surface area contributed by atoms with Crippen molar-refractivity contribution in [1.29, 1.82) is 0 Å². The number of carboxylic acid groups (broad SMARTS) is 1. The van der Waals surface area contributed by atoms with Gasteiger partial charge in [0.05, 0.1) is 0 Å². The molecule has 0 atom stereocenters. The predicted molar refractivity (Wildman–Crippen MR) is 72.6 cm³/mol. The maximum absolute atomic E-state index is 11.8. The fourth-order valence-corrected chi connectivity index (χ4v) is 2.04. The number of carboxylic acids is 1. The van der Waals surface area contributed by atoms with E-state index in [0.29, 0.717) is 30.9 Å². The Morgan fingerprint density at radius 1 is 1.35 bits per heavy atom. The zero-order chi connectivity index (χ0) is 15.3. The van der Waals surface area contributed by atoms with Gasteiger partial charge in [-0.05, 0) is 25.8 Å². The van der Waals surface area contributed by atoms with Crippen LogP contribution in [0.3, 0.4) is 0 Å². The third-order valence-corrected chi connectivity index (χ3v) is 3.07. The van der Waals surface area contributed by atoms with Crippen LogP contribution in [0.25, 0.3) is 0 Å². The number of hydrogen-bond donors (Lipinski definition) is 2. The maximum Gasteiger partial charge on any atom is 0.348 e. The van der Waals surface area contributed by atoms with Crippen molar-refractivity contribution in [3.63, 3.8) is 0 Å². The first kappa shape index (κ1) is 15.9. The van der Waals surface area contributed by atoms with E-state index in [1.807, 2.05) is 0 Å². The highest BCUT2D eigenvalue weighted by Gasteiger charge is 2.12. The first-order valence-electron chi connectivity index (χ1n) is 6.36. The van der Waals surface area contributed by atoms with E-state index in [1.54, 1.807) is 13.8 Å². The van der Waals surface area contributed by atoms with Gasteiger partial charge in [0.15, 0.2) is 0 Å². The number of aromatic nitrogens is 2. The average molecular weight is 281 g/mol. The lowest BCUT2D eigenvalue weighted by molar-refractivity contribution is -0.137. The van der Waals surface area contributed by atoms with Crippen LogP contribution in [0, 0.1) is 13.8 Å². The Morgan fingerprint density at radius 2 is 2.00 bits per heavy atom. The summed E-state index contributed by atoms with van der Waals surface area (Å²) in [6.07, 6.45) is 0.327. The number of amides is 1. The van der Waals surface area contributed by atoms with Crippen molar-refractivity contribution in [1.82, 2.24) is 14.9 Å². The smallest absolute Gasteiger partial charge is 0.348 e. The van der Waals surface area contributed by atoms with Crippen LogP contribution in [0.5, 0.6) is 0 Å². The van der Waals surface area contributed by atoms with Crippen LogP contribution >= 0.6 is 0 Å². The van der Waals surface area contributed by atoms with Gasteiger partial charge in [0.1, 0.15) is 0 Å². The van der Waals surface area contributed by atoms with Crippen molar-refractivity contribution in [2.45, 2.75) is 40.2 Å². The monoisotopic (exact) mass is 281 g/mol. The van der Waals surface area contributed by atoms with Crippen molar-refractivity contribution in [2.24, 2.45) is 0 Å². The Morgan fingerprint density at radius 3 is 2.55 bits per heavy atom. The summed E-state index contributed by atoms with van der Waals surface area (Å²) >= 11 is 0. The molecule has 0 bridgehead atoms. The van der Waals surface area contributed by atoms with E-state index in [2.05, 4.69) is 10.3 Å². The van der Waals surface area contributed by atoms with Gasteiger partial charge in [-0.3, -0.25) is 14.2 Å². The molecule has 7 heteroatoms. The molecule has 0 unspecified atom stereocenters. The molecule has 0 aliphatic rings. The number of nitrogens with one attached hydrogen (secondary N) is 1. The molecule has 0 aliphatic carbocycles. The summed E-state index contributed by atoms with van der Waals surface area (Å²) in [6.45, 7) is 5.52. The molecule has 0 saturated carbocycles. The van der Waals surface area contributed by atoms with Crippen molar-refractivity contribution in [2.75, 3.05) is 6.54 Å². The van der Waals surface area contributed by atoms with E-state index in [1.165, 1.54) is 11.5 Å². The van der Waals surface area contributed by atoms with Crippen LogP contribution in [0.15, 0.2) is 4.79 Å². The zero-order valence-corrected chi connectivity index (χ0v) is 11.9. The normalized spacial score (nSPS) is 10.3. The molecular formula is C13H19N3O4. The second kappa shape index (κ2) is 6.83. The predicted octanol–water partition coefficient (Wildman–Crippen LogP) is 0.0134. The Labute approximate surface area is 116 Å². The second-order valence-corrected chi connectivity index (χ2v) is 4.57. The van der Waals surface area contributed by atoms with E-state index in [9.17, 15) is 14.4 Å². The van der Waals surface area contributed by atoms with Gasteiger partial charge in [0, 0.05) is 37.8 Å². The Bertz CT molecular complexity index is 578. The first-order valence-corrected chi connectivity index (χ1v) is 6.36. The molecule has 1 amide bonds. The summed E-state index contributed by atoms with van der Waals surface area (Å²) in [5.74, 6) is -1.05. The molecule has 1 aromatic heterocycles. The van der Waals surface area contributed by atoms with E-state index in [4.69, 9.17) is 5.11 Å². The molecule has 2 N–H and O–H groups in total. The Kier molecular flexibility index (Phi) is 5.42. The number of hydrogen-bond acceptors (Lipinski definition) is 4. The number of aliphatic carboxylic acids is 1. The van der Waals surface area contributed by atoms with Gasteiger partial charge < -0.3 is 10.4 Å². The molecule has 20 heavy (non-hydrogen) atoms. The third-order valence-electron chi connectivity index (χ3n) is 3.07. The van der Waals surface area contributed by atoms with Crippen LogP contribution in [0.4, 0.5) is 0 Å². The molecule has 0 radical (unpaired) electrons. The summed E-state index contributed by atoms with van der Waals surface area (Å²) in [5.41, 5.74) is 1.65. The Hall–Kier alpha value is -2.18. The number of carbonyl (C=O) groups is 2. The fraction of sp³-hybridized carbons (Fsp3) is 0.538. The Balaban J connectivity index is 2.99. The minimum atomic E-state index is -0.889. The molecule has 1 rings (SSSR count). The molecule has 0 spiro atoms. The van der Waals surface area contributed by atoms with Gasteiger partial charge in [-0.1, -0.05) is 0 Å². The van der Waals surface area contributed by atoms with E-state index in [0.717, 1.165) is 5.56 Å². The standard InChI is InChI=1S/C13H19N3O4/c1-8-11(4-5-12(18)19)9(2)16(13(20)15-8)7-6-14-10(3)17/h4-7H2,1-3H3,(H,14,17)(H,18,19). The van der Waals surface area contributed by atoms with Crippen molar-refractivity contribution < 1.29 is 14.7 Å². The summed E-state index contributed by atoms with van der Waals surface area (Å²) in [4.78, 5) is 37.2. The minimum absolute atomic E-state index is 0.00669. The van der Waals surface area contributed by atoms with Crippen LogP contribution in [0.1, 0.15) is 30.3 Å². The minimum Gasteiger partial charge on any atom is -0.481 e. The lowest BCUT2D eigenvalue weighted by Gasteiger charge is -2.15. The molecule has 1 aromatic rings. The molecule has 7 nitrogen and oxygen atoms in total. The van der Waals surface area contributed by atoms with Gasteiger partial charge in [0.25, 0.3) is 0 Å². The van der Waals surface area contributed by atoms with E-state index in [-0.39, 0.29) is 18.0 Å². The molecular weight excluding hydrogens is 262 g/mol. The largest absolute Gasteiger partial charge is 0.481 e. The average Bonchev–Trinajstić information content (AvgIpc) is 2.32. The fourth-order valence-electron chi connectivity index (χ4n) is 2.04. The van der Waals surface area contributed by atoms with Crippen LogP contribution < -0.4 is 11.0 Å². The molecule has 0 saturated heterocycles. The van der Waals surface area contributed by atoms with Crippen molar-refractivity contribution in [3.05, 3.63) is 27.4 Å². The zero-order valence-electron chi connectivity index (χ0n) is 11.9. The van der Waals surface area contributed by atoms with Gasteiger partial charge in [-0.25, -0.2) is 4.79 Å². The van der Waals surface area contributed by atoms with Gasteiger partial charge in [0.2, 0.25) is 5.91 Å². The highest BCUT2D eigenvalue weighted by molar-refractivity contribution is 5.72. The second-order valence-electron chi connectivity index (χ2n) is 4.57. The molecule has 0 aromatic carbocycles. The molecule has 0 aliphatic heterocycles.